The summed E-state index contributed by atoms with van der Waals surface area (Å²) < 4.78 is 39.2. The molecule has 1 atom stereocenters. The number of nitrogens with two attached hydrogens (primary N) is 1. The molecular weight excluding hydrogens is 273 g/mol. The molecule has 0 aliphatic heterocycles. The van der Waals surface area contributed by atoms with Gasteiger partial charge in [0.2, 0.25) is 0 Å². The Morgan fingerprint density at radius 2 is 2.00 bits per heavy atom. The lowest BCUT2D eigenvalue weighted by molar-refractivity contribution is -0.137. The van der Waals surface area contributed by atoms with Gasteiger partial charge in [0.05, 0.1) is 5.56 Å². The van der Waals surface area contributed by atoms with Crippen LogP contribution in [0.2, 0.25) is 0 Å². The van der Waals surface area contributed by atoms with E-state index < -0.39 is 11.7 Å². The standard InChI is InChI=1S/C13H19F3N2S/c1-4-10(8-19-3)18(2)12-6-5-9(17)7-11(12)13(14,15)16/h5-7,10H,4,8,17H2,1-3H3. The molecule has 1 unspecified atom stereocenters. The molecule has 2 nitrogen and oxygen atoms in total. The normalized spacial score (nSPS) is 13.4. The molecule has 108 valence electrons. The van der Waals surface area contributed by atoms with E-state index in [2.05, 4.69) is 0 Å². The van der Waals surface area contributed by atoms with Crippen molar-refractivity contribution < 1.29 is 13.2 Å². The first-order chi connectivity index (χ1) is 8.81. The van der Waals surface area contributed by atoms with Crippen molar-refractivity contribution in [3.8, 4) is 0 Å². The van der Waals surface area contributed by atoms with Gasteiger partial charge in [-0.3, -0.25) is 0 Å². The molecule has 0 saturated heterocycles. The predicted molar refractivity (Wildman–Crippen MR) is 76.7 cm³/mol. The van der Waals surface area contributed by atoms with Gasteiger partial charge in [-0.2, -0.15) is 24.9 Å². The van der Waals surface area contributed by atoms with Gasteiger partial charge in [-0.25, -0.2) is 0 Å². The summed E-state index contributed by atoms with van der Waals surface area (Å²) in [4.78, 5) is 1.69. The fraction of sp³-hybridized carbons (Fsp3) is 0.538. The van der Waals surface area contributed by atoms with Crippen LogP contribution in [0.25, 0.3) is 0 Å². The number of hydrogen-bond donors (Lipinski definition) is 1. The van der Waals surface area contributed by atoms with Crippen molar-refractivity contribution in [3.63, 3.8) is 0 Å². The maximum Gasteiger partial charge on any atom is 0.418 e. The zero-order valence-corrected chi connectivity index (χ0v) is 12.1. The molecule has 19 heavy (non-hydrogen) atoms. The fourth-order valence-corrected chi connectivity index (χ4v) is 2.82. The van der Waals surface area contributed by atoms with Gasteiger partial charge in [0, 0.05) is 30.2 Å². The minimum atomic E-state index is -4.39. The second-order valence-corrected chi connectivity index (χ2v) is 5.31. The molecule has 0 aliphatic carbocycles. The predicted octanol–water partition coefficient (Wildman–Crippen LogP) is 3.87. The first-order valence-corrected chi connectivity index (χ1v) is 7.39. The summed E-state index contributed by atoms with van der Waals surface area (Å²) in [6.07, 6.45) is -1.65. The van der Waals surface area contributed by atoms with E-state index in [1.807, 2.05) is 13.2 Å². The highest BCUT2D eigenvalue weighted by atomic mass is 32.2. The van der Waals surface area contributed by atoms with Crippen molar-refractivity contribution in [2.24, 2.45) is 0 Å². The molecule has 1 rings (SSSR count). The average molecular weight is 292 g/mol. The van der Waals surface area contributed by atoms with Gasteiger partial charge in [-0.05, 0) is 30.9 Å². The number of rotatable bonds is 5. The van der Waals surface area contributed by atoms with E-state index in [1.165, 1.54) is 12.1 Å². The van der Waals surface area contributed by atoms with Gasteiger partial charge >= 0.3 is 6.18 Å². The summed E-state index contributed by atoms with van der Waals surface area (Å²) in [5.41, 5.74) is 5.11. The molecule has 0 bridgehead atoms. The first-order valence-electron chi connectivity index (χ1n) is 5.99. The molecule has 6 heteroatoms. The number of halogens is 3. The maximum absolute atomic E-state index is 13.1. The topological polar surface area (TPSA) is 29.3 Å². The summed E-state index contributed by atoms with van der Waals surface area (Å²) in [6, 6.07) is 4.02. The first kappa shape index (κ1) is 16.0. The number of nitrogens with zero attached hydrogens (tertiary/aromatic N) is 1. The van der Waals surface area contributed by atoms with Crippen molar-refractivity contribution in [2.45, 2.75) is 25.6 Å². The molecule has 0 heterocycles. The summed E-state index contributed by atoms with van der Waals surface area (Å²) in [7, 11) is 1.70. The van der Waals surface area contributed by atoms with Crippen LogP contribution in [0.1, 0.15) is 18.9 Å². The summed E-state index contributed by atoms with van der Waals surface area (Å²) in [5, 5.41) is 0. The van der Waals surface area contributed by atoms with E-state index in [0.717, 1.165) is 18.2 Å². The highest BCUT2D eigenvalue weighted by Gasteiger charge is 2.35. The van der Waals surface area contributed by atoms with Crippen LogP contribution < -0.4 is 10.6 Å². The zero-order valence-electron chi connectivity index (χ0n) is 11.3. The van der Waals surface area contributed by atoms with Gasteiger partial charge in [-0.1, -0.05) is 6.92 Å². The lowest BCUT2D eigenvalue weighted by Gasteiger charge is -2.31. The van der Waals surface area contributed by atoms with Crippen LogP contribution in [0.3, 0.4) is 0 Å². The van der Waals surface area contributed by atoms with Crippen LogP contribution in [0, 0.1) is 0 Å². The molecule has 0 aliphatic rings. The Morgan fingerprint density at radius 3 is 2.47 bits per heavy atom. The highest BCUT2D eigenvalue weighted by Crippen LogP contribution is 2.38. The molecule has 2 N–H and O–H groups in total. The smallest absolute Gasteiger partial charge is 0.399 e. The Hall–Kier alpha value is -1.04. The highest BCUT2D eigenvalue weighted by molar-refractivity contribution is 7.98. The van der Waals surface area contributed by atoms with Crippen LogP contribution in [0.4, 0.5) is 24.5 Å². The summed E-state index contributed by atoms with van der Waals surface area (Å²) in [6.45, 7) is 1.97. The van der Waals surface area contributed by atoms with Crippen molar-refractivity contribution >= 4 is 23.1 Å². The third-order valence-corrected chi connectivity index (χ3v) is 3.80. The average Bonchev–Trinajstić information content (AvgIpc) is 2.34. The minimum Gasteiger partial charge on any atom is -0.399 e. The molecular formula is C13H19F3N2S. The lowest BCUT2D eigenvalue weighted by atomic mass is 10.1. The Bertz CT molecular complexity index is 421. The number of anilines is 2. The molecule has 1 aromatic rings. The van der Waals surface area contributed by atoms with Gasteiger partial charge in [-0.15, -0.1) is 0 Å². The lowest BCUT2D eigenvalue weighted by Crippen LogP contribution is -2.34. The van der Waals surface area contributed by atoms with Crippen LogP contribution in [-0.2, 0) is 6.18 Å². The Morgan fingerprint density at radius 1 is 1.37 bits per heavy atom. The van der Waals surface area contributed by atoms with Crippen LogP contribution >= 0.6 is 11.8 Å². The van der Waals surface area contributed by atoms with Gasteiger partial charge in [0.25, 0.3) is 0 Å². The van der Waals surface area contributed by atoms with Crippen molar-refractivity contribution in [2.75, 3.05) is 29.7 Å². The van der Waals surface area contributed by atoms with E-state index in [4.69, 9.17) is 5.73 Å². The van der Waals surface area contributed by atoms with E-state index in [0.29, 0.717) is 0 Å². The number of hydrogen-bond acceptors (Lipinski definition) is 3. The van der Waals surface area contributed by atoms with Gasteiger partial charge in [0.15, 0.2) is 0 Å². The second-order valence-electron chi connectivity index (χ2n) is 4.40. The zero-order chi connectivity index (χ0) is 14.6. The summed E-state index contributed by atoms with van der Waals surface area (Å²) in [5.74, 6) is 0.786. The quantitative estimate of drug-likeness (QED) is 0.835. The molecule has 0 radical (unpaired) electrons. The second kappa shape index (κ2) is 6.41. The molecule has 1 aromatic carbocycles. The minimum absolute atomic E-state index is 0.0692. The van der Waals surface area contributed by atoms with Crippen molar-refractivity contribution in [3.05, 3.63) is 23.8 Å². The van der Waals surface area contributed by atoms with Gasteiger partial charge < -0.3 is 10.6 Å². The van der Waals surface area contributed by atoms with Crippen molar-refractivity contribution in [1.29, 1.82) is 0 Å². The van der Waals surface area contributed by atoms with E-state index in [1.54, 1.807) is 23.7 Å². The molecule has 0 aromatic heterocycles. The Balaban J connectivity index is 3.18. The van der Waals surface area contributed by atoms with E-state index in [-0.39, 0.29) is 17.4 Å². The number of nitrogen functional groups attached to an aromatic ring is 1. The third kappa shape index (κ3) is 3.96. The van der Waals surface area contributed by atoms with Crippen LogP contribution in [0.15, 0.2) is 18.2 Å². The van der Waals surface area contributed by atoms with Crippen LogP contribution in [-0.4, -0.2) is 25.1 Å². The van der Waals surface area contributed by atoms with Crippen molar-refractivity contribution in [1.82, 2.24) is 0 Å². The molecule has 0 fully saturated rings. The SMILES string of the molecule is CCC(CSC)N(C)c1ccc(N)cc1C(F)(F)F. The molecule has 0 saturated carbocycles. The maximum atomic E-state index is 13.1. The number of alkyl halides is 3. The number of benzene rings is 1. The fourth-order valence-electron chi connectivity index (χ4n) is 1.98. The van der Waals surface area contributed by atoms with Crippen LogP contribution in [0.5, 0.6) is 0 Å². The monoisotopic (exact) mass is 292 g/mol. The van der Waals surface area contributed by atoms with Gasteiger partial charge in [0.1, 0.15) is 0 Å². The largest absolute Gasteiger partial charge is 0.418 e. The summed E-state index contributed by atoms with van der Waals surface area (Å²) >= 11 is 1.63. The Kier molecular flexibility index (Phi) is 5.40. The molecule has 0 spiro atoms. The van der Waals surface area contributed by atoms with E-state index >= 15 is 0 Å². The third-order valence-electron chi connectivity index (χ3n) is 3.08. The molecule has 0 amide bonds. The number of thioether (sulfide) groups is 1. The Labute approximate surface area is 116 Å². The van der Waals surface area contributed by atoms with E-state index in [9.17, 15) is 13.2 Å².